The number of rotatable bonds is 4. The number of aryl methyl sites for hydroxylation is 1. The van der Waals surface area contributed by atoms with E-state index in [2.05, 4.69) is 23.9 Å². The van der Waals surface area contributed by atoms with Gasteiger partial charge in [-0.15, -0.1) is 0 Å². The number of anilines is 1. The minimum Gasteiger partial charge on any atom is -0.453 e. The van der Waals surface area contributed by atoms with Crippen LogP contribution in [0.2, 0.25) is 0 Å². The molecular formula is C22H28N2O4S. The van der Waals surface area contributed by atoms with Gasteiger partial charge in [0.15, 0.2) is 0 Å². The minimum absolute atomic E-state index is 0.0346. The van der Waals surface area contributed by atoms with Crippen LogP contribution in [0.4, 0.5) is 10.5 Å². The van der Waals surface area contributed by atoms with E-state index < -0.39 is 16.1 Å². The van der Waals surface area contributed by atoms with Crippen molar-refractivity contribution in [2.45, 2.75) is 44.6 Å². The summed E-state index contributed by atoms with van der Waals surface area (Å²) in [5.41, 5.74) is 2.56. The first-order valence-corrected chi connectivity index (χ1v) is 11.1. The zero-order valence-electron chi connectivity index (χ0n) is 17.3. The maximum atomic E-state index is 13.4. The molecule has 1 N–H and O–H groups in total. The predicted octanol–water partition coefficient (Wildman–Crippen LogP) is 4.73. The molecule has 7 heteroatoms. The molecule has 1 aliphatic heterocycles. The number of nitrogens with zero attached hydrogens (tertiary/aromatic N) is 1. The molecule has 0 bridgehead atoms. The van der Waals surface area contributed by atoms with Gasteiger partial charge in [0.2, 0.25) is 10.0 Å². The van der Waals surface area contributed by atoms with Crippen LogP contribution in [0.25, 0.3) is 0 Å². The van der Waals surface area contributed by atoms with Gasteiger partial charge in [-0.2, -0.15) is 4.31 Å². The third-order valence-electron chi connectivity index (χ3n) is 5.46. The Kier molecular flexibility index (Phi) is 6.00. The van der Waals surface area contributed by atoms with Crippen LogP contribution in [0.5, 0.6) is 0 Å². The number of nitrogens with one attached hydrogen (secondary N) is 1. The topological polar surface area (TPSA) is 75.7 Å². The smallest absolute Gasteiger partial charge is 0.411 e. The molecule has 2 aromatic rings. The number of carbonyl (C=O) groups excluding carboxylic acids is 1. The fourth-order valence-electron chi connectivity index (χ4n) is 3.67. The van der Waals surface area contributed by atoms with Crippen LogP contribution >= 0.6 is 0 Å². The lowest BCUT2D eigenvalue weighted by Gasteiger charge is -2.42. The number of hydrogen-bond donors (Lipinski definition) is 1. The number of carbonyl (C=O) groups is 1. The van der Waals surface area contributed by atoms with Crippen LogP contribution in [-0.2, 0) is 14.8 Å². The van der Waals surface area contributed by atoms with E-state index in [1.54, 1.807) is 28.6 Å². The summed E-state index contributed by atoms with van der Waals surface area (Å²) < 4.78 is 33.0. The molecule has 1 heterocycles. The van der Waals surface area contributed by atoms with E-state index in [0.29, 0.717) is 17.1 Å². The summed E-state index contributed by atoms with van der Waals surface area (Å²) in [6.07, 6.45) is 0.985. The summed E-state index contributed by atoms with van der Waals surface area (Å²) in [5.74, 6) is 0. The van der Waals surface area contributed by atoms with Crippen LogP contribution in [0.3, 0.4) is 0 Å². The van der Waals surface area contributed by atoms with E-state index in [9.17, 15) is 13.2 Å². The second-order valence-electron chi connectivity index (χ2n) is 8.30. The summed E-state index contributed by atoms with van der Waals surface area (Å²) in [4.78, 5) is 11.7. The Bertz CT molecular complexity index is 967. The van der Waals surface area contributed by atoms with Crippen molar-refractivity contribution in [2.75, 3.05) is 19.0 Å². The molecule has 0 spiro atoms. The van der Waals surface area contributed by atoms with Gasteiger partial charge in [-0.05, 0) is 55.0 Å². The molecule has 0 aromatic heterocycles. The summed E-state index contributed by atoms with van der Waals surface area (Å²) in [7, 11) is -2.31. The van der Waals surface area contributed by atoms with E-state index in [4.69, 9.17) is 0 Å². The van der Waals surface area contributed by atoms with E-state index in [1.807, 2.05) is 31.2 Å². The molecular weight excluding hydrogens is 388 g/mol. The number of piperidine rings is 1. The summed E-state index contributed by atoms with van der Waals surface area (Å²) in [6.45, 7) is 6.74. The quantitative estimate of drug-likeness (QED) is 0.782. The van der Waals surface area contributed by atoms with E-state index in [-0.39, 0.29) is 11.5 Å². The summed E-state index contributed by atoms with van der Waals surface area (Å²) in [5, 5.41) is 2.62. The zero-order chi connectivity index (χ0) is 21.2. The predicted molar refractivity (Wildman–Crippen MR) is 113 cm³/mol. The van der Waals surface area contributed by atoms with Gasteiger partial charge in [0, 0.05) is 12.2 Å². The third-order valence-corrected chi connectivity index (χ3v) is 7.38. The van der Waals surface area contributed by atoms with Crippen LogP contribution in [0.15, 0.2) is 53.4 Å². The maximum Gasteiger partial charge on any atom is 0.411 e. The second kappa shape index (κ2) is 8.16. The van der Waals surface area contributed by atoms with Crippen LogP contribution < -0.4 is 5.32 Å². The number of amides is 1. The molecule has 0 saturated carbocycles. The molecule has 0 radical (unpaired) electrons. The molecule has 156 valence electrons. The van der Waals surface area contributed by atoms with Gasteiger partial charge in [0.05, 0.1) is 18.0 Å². The summed E-state index contributed by atoms with van der Waals surface area (Å²) >= 11 is 0. The van der Waals surface area contributed by atoms with Crippen molar-refractivity contribution < 1.29 is 17.9 Å². The SMILES string of the molecule is COC(=O)Nc1ccc(C2CC(C)(C)CCN2S(=O)(=O)c2ccc(C)cc2)cc1. The lowest BCUT2D eigenvalue weighted by atomic mass is 9.78. The number of methoxy groups -OCH3 is 1. The van der Waals surface area contributed by atoms with Crippen molar-refractivity contribution in [1.29, 1.82) is 0 Å². The standard InChI is InChI=1S/C22H28N2O4S/c1-16-5-11-19(12-6-16)29(26,27)24-14-13-22(2,3)15-20(24)17-7-9-18(10-8-17)23-21(25)28-4/h5-12,20H,13-15H2,1-4H3,(H,23,25). The van der Waals surface area contributed by atoms with Gasteiger partial charge in [-0.3, -0.25) is 5.32 Å². The van der Waals surface area contributed by atoms with Crippen molar-refractivity contribution in [1.82, 2.24) is 4.31 Å². The number of ether oxygens (including phenoxy) is 1. The third kappa shape index (κ3) is 4.79. The number of hydrogen-bond acceptors (Lipinski definition) is 4. The minimum atomic E-state index is -3.62. The zero-order valence-corrected chi connectivity index (χ0v) is 18.1. The van der Waals surface area contributed by atoms with Gasteiger partial charge in [0.1, 0.15) is 0 Å². The molecule has 3 rings (SSSR count). The van der Waals surface area contributed by atoms with Crippen LogP contribution in [0, 0.1) is 12.3 Å². The van der Waals surface area contributed by atoms with E-state index in [0.717, 1.165) is 24.0 Å². The molecule has 6 nitrogen and oxygen atoms in total. The number of sulfonamides is 1. The summed E-state index contributed by atoms with van der Waals surface area (Å²) in [6, 6.07) is 14.0. The van der Waals surface area contributed by atoms with Crippen molar-refractivity contribution in [2.24, 2.45) is 5.41 Å². The molecule has 1 unspecified atom stereocenters. The molecule has 29 heavy (non-hydrogen) atoms. The average molecular weight is 417 g/mol. The van der Waals surface area contributed by atoms with E-state index in [1.165, 1.54) is 7.11 Å². The van der Waals surface area contributed by atoms with Gasteiger partial charge in [-0.25, -0.2) is 13.2 Å². The highest BCUT2D eigenvalue weighted by molar-refractivity contribution is 7.89. The second-order valence-corrected chi connectivity index (χ2v) is 10.2. The van der Waals surface area contributed by atoms with Gasteiger partial charge < -0.3 is 4.74 Å². The Labute approximate surface area is 172 Å². The molecule has 1 fully saturated rings. The van der Waals surface area contributed by atoms with Crippen molar-refractivity contribution in [3.63, 3.8) is 0 Å². The Hall–Kier alpha value is -2.38. The molecule has 2 aromatic carbocycles. The van der Waals surface area contributed by atoms with Crippen LogP contribution in [-0.4, -0.2) is 32.5 Å². The Morgan fingerprint density at radius 1 is 1.10 bits per heavy atom. The molecule has 1 atom stereocenters. The van der Waals surface area contributed by atoms with Gasteiger partial charge >= 0.3 is 6.09 Å². The Morgan fingerprint density at radius 2 is 1.72 bits per heavy atom. The first kappa shape index (κ1) is 21.3. The Morgan fingerprint density at radius 3 is 2.31 bits per heavy atom. The first-order chi connectivity index (χ1) is 13.6. The van der Waals surface area contributed by atoms with E-state index >= 15 is 0 Å². The van der Waals surface area contributed by atoms with Crippen LogP contribution in [0.1, 0.15) is 43.9 Å². The highest BCUT2D eigenvalue weighted by Crippen LogP contribution is 2.44. The van der Waals surface area contributed by atoms with Crippen molar-refractivity contribution in [3.8, 4) is 0 Å². The lowest BCUT2D eigenvalue weighted by molar-refractivity contribution is 0.136. The highest BCUT2D eigenvalue weighted by atomic mass is 32.2. The molecule has 1 amide bonds. The fourth-order valence-corrected chi connectivity index (χ4v) is 5.28. The fraction of sp³-hybridized carbons (Fsp3) is 0.409. The maximum absolute atomic E-state index is 13.4. The largest absolute Gasteiger partial charge is 0.453 e. The normalized spacial score (nSPS) is 19.5. The first-order valence-electron chi connectivity index (χ1n) is 9.66. The van der Waals surface area contributed by atoms with Crippen molar-refractivity contribution >= 4 is 21.8 Å². The molecule has 1 aliphatic rings. The van der Waals surface area contributed by atoms with Crippen molar-refractivity contribution in [3.05, 3.63) is 59.7 Å². The molecule has 1 saturated heterocycles. The van der Waals surface area contributed by atoms with Gasteiger partial charge in [-0.1, -0.05) is 43.7 Å². The highest BCUT2D eigenvalue weighted by Gasteiger charge is 2.40. The van der Waals surface area contributed by atoms with Gasteiger partial charge in [0.25, 0.3) is 0 Å². The average Bonchev–Trinajstić information content (AvgIpc) is 2.68. The lowest BCUT2D eigenvalue weighted by Crippen LogP contribution is -2.43. The monoisotopic (exact) mass is 416 g/mol. The Balaban J connectivity index is 1.94. The number of benzene rings is 2. The molecule has 0 aliphatic carbocycles.